The summed E-state index contributed by atoms with van der Waals surface area (Å²) in [7, 11) is 3.20. The molecule has 0 bridgehead atoms. The van der Waals surface area contributed by atoms with Crippen molar-refractivity contribution in [3.63, 3.8) is 0 Å². The van der Waals surface area contributed by atoms with Crippen LogP contribution in [0, 0.1) is 0 Å². The Morgan fingerprint density at radius 2 is 1.69 bits per heavy atom. The Bertz CT molecular complexity index is 610. The van der Waals surface area contributed by atoms with Crippen molar-refractivity contribution < 1.29 is 19.1 Å². The molecule has 6 heteroatoms. The quantitative estimate of drug-likeness (QED) is 0.748. The second kappa shape index (κ2) is 10.0. The van der Waals surface area contributed by atoms with Crippen LogP contribution in [-0.4, -0.2) is 62.0 Å². The maximum atomic E-state index is 12.6. The zero-order valence-corrected chi connectivity index (χ0v) is 16.1. The van der Waals surface area contributed by atoms with Crippen molar-refractivity contribution in [2.45, 2.75) is 39.0 Å². The van der Waals surface area contributed by atoms with Crippen molar-refractivity contribution in [2.75, 3.05) is 40.4 Å². The zero-order valence-electron chi connectivity index (χ0n) is 16.1. The van der Waals surface area contributed by atoms with Crippen LogP contribution in [0.25, 0.3) is 0 Å². The monoisotopic (exact) mass is 362 g/mol. The van der Waals surface area contributed by atoms with Crippen molar-refractivity contribution >= 4 is 11.8 Å². The largest absolute Gasteiger partial charge is 0.493 e. The van der Waals surface area contributed by atoms with E-state index in [4.69, 9.17) is 9.47 Å². The summed E-state index contributed by atoms with van der Waals surface area (Å²) in [6.07, 6.45) is 5.13. The van der Waals surface area contributed by atoms with E-state index >= 15 is 0 Å². The molecule has 1 aliphatic rings. The Balaban J connectivity index is 1.95. The first-order valence-corrected chi connectivity index (χ1v) is 9.29. The minimum absolute atomic E-state index is 0.0504. The van der Waals surface area contributed by atoms with Gasteiger partial charge in [0.1, 0.15) is 0 Å². The molecule has 0 unspecified atom stereocenters. The van der Waals surface area contributed by atoms with Crippen LogP contribution < -0.4 is 9.47 Å². The van der Waals surface area contributed by atoms with Crippen molar-refractivity contribution in [1.29, 1.82) is 0 Å². The summed E-state index contributed by atoms with van der Waals surface area (Å²) < 4.78 is 10.6. The summed E-state index contributed by atoms with van der Waals surface area (Å²) in [6, 6.07) is 5.72. The first-order valence-electron chi connectivity index (χ1n) is 9.29. The van der Waals surface area contributed by atoms with Crippen LogP contribution >= 0.6 is 0 Å². The number of likely N-dealkylation sites (tertiary alicyclic amines) is 1. The highest BCUT2D eigenvalue weighted by Gasteiger charge is 2.20. The fraction of sp³-hybridized carbons (Fsp3) is 0.600. The number of amides is 2. The minimum atomic E-state index is -0.0753. The molecule has 2 rings (SSSR count). The maximum absolute atomic E-state index is 12.6. The van der Waals surface area contributed by atoms with Gasteiger partial charge in [-0.2, -0.15) is 0 Å². The van der Waals surface area contributed by atoms with Crippen molar-refractivity contribution in [1.82, 2.24) is 9.80 Å². The molecular weight excluding hydrogens is 332 g/mol. The molecule has 1 fully saturated rings. The predicted molar refractivity (Wildman–Crippen MR) is 101 cm³/mol. The van der Waals surface area contributed by atoms with Crippen LogP contribution in [-0.2, 0) is 16.0 Å². The third-order valence-electron chi connectivity index (χ3n) is 4.85. The molecule has 6 nitrogen and oxygen atoms in total. The van der Waals surface area contributed by atoms with Crippen LogP contribution in [0.15, 0.2) is 18.2 Å². The number of rotatable bonds is 7. The van der Waals surface area contributed by atoms with Gasteiger partial charge < -0.3 is 19.3 Å². The lowest BCUT2D eigenvalue weighted by atomic mass is 10.1. The topological polar surface area (TPSA) is 59.1 Å². The summed E-state index contributed by atoms with van der Waals surface area (Å²) in [5.74, 6) is 1.32. The lowest BCUT2D eigenvalue weighted by molar-refractivity contribution is -0.139. The van der Waals surface area contributed by atoms with Gasteiger partial charge in [-0.3, -0.25) is 9.59 Å². The average molecular weight is 362 g/mol. The van der Waals surface area contributed by atoms with Crippen molar-refractivity contribution in [2.24, 2.45) is 0 Å². The van der Waals surface area contributed by atoms with Gasteiger partial charge >= 0.3 is 0 Å². The highest BCUT2D eigenvalue weighted by Crippen LogP contribution is 2.27. The first-order chi connectivity index (χ1) is 12.5. The molecular formula is C20H30N2O4. The number of ether oxygens (including phenoxy) is 2. The Labute approximate surface area is 156 Å². The highest BCUT2D eigenvalue weighted by atomic mass is 16.5. The van der Waals surface area contributed by atoms with E-state index in [2.05, 4.69) is 0 Å². The zero-order chi connectivity index (χ0) is 18.9. The Kier molecular flexibility index (Phi) is 7.75. The van der Waals surface area contributed by atoms with E-state index in [1.165, 1.54) is 19.8 Å². The number of methoxy groups -OCH3 is 2. The maximum Gasteiger partial charge on any atom is 0.242 e. The minimum Gasteiger partial charge on any atom is -0.493 e. The van der Waals surface area contributed by atoms with Gasteiger partial charge in [-0.1, -0.05) is 18.9 Å². The average Bonchev–Trinajstić information content (AvgIpc) is 2.93. The Morgan fingerprint density at radius 1 is 1.04 bits per heavy atom. The molecule has 0 N–H and O–H groups in total. The first kappa shape index (κ1) is 20.1. The lowest BCUT2D eigenvalue weighted by Crippen LogP contribution is -2.43. The fourth-order valence-corrected chi connectivity index (χ4v) is 3.23. The summed E-state index contributed by atoms with van der Waals surface area (Å²) in [4.78, 5) is 28.1. The number of hydrogen-bond acceptors (Lipinski definition) is 4. The molecule has 1 saturated heterocycles. The number of hydrogen-bond donors (Lipinski definition) is 0. The summed E-state index contributed by atoms with van der Waals surface area (Å²) in [6.45, 7) is 3.79. The van der Waals surface area contributed by atoms with Crippen LogP contribution in [0.3, 0.4) is 0 Å². The molecule has 0 spiro atoms. The molecule has 0 radical (unpaired) electrons. The molecule has 0 saturated carbocycles. The van der Waals surface area contributed by atoms with Crippen LogP contribution in [0.5, 0.6) is 11.5 Å². The van der Waals surface area contributed by atoms with E-state index in [1.807, 2.05) is 23.1 Å². The van der Waals surface area contributed by atoms with Crippen molar-refractivity contribution in [3.8, 4) is 11.5 Å². The fourth-order valence-electron chi connectivity index (χ4n) is 3.23. The molecule has 26 heavy (non-hydrogen) atoms. The molecule has 2 amide bonds. The van der Waals surface area contributed by atoms with E-state index in [1.54, 1.807) is 19.1 Å². The molecule has 1 aromatic rings. The number of benzene rings is 1. The standard InChI is InChI=1S/C20H30N2O4/c1-16(23)22(15-20(24)21-11-6-4-5-7-12-21)13-10-17-8-9-18(25-2)19(14-17)26-3/h8-9,14H,4-7,10-13,15H2,1-3H3. The number of nitrogens with zero attached hydrogens (tertiary/aromatic N) is 2. The molecule has 1 aliphatic heterocycles. The SMILES string of the molecule is COc1ccc(CCN(CC(=O)N2CCCCCC2)C(C)=O)cc1OC. The Morgan fingerprint density at radius 3 is 2.27 bits per heavy atom. The van der Waals surface area contributed by atoms with Gasteiger partial charge in [0.05, 0.1) is 20.8 Å². The molecule has 0 aromatic heterocycles. The van der Waals surface area contributed by atoms with Gasteiger partial charge in [-0.25, -0.2) is 0 Å². The molecule has 0 aliphatic carbocycles. The van der Waals surface area contributed by atoms with Crippen LogP contribution in [0.2, 0.25) is 0 Å². The smallest absolute Gasteiger partial charge is 0.242 e. The van der Waals surface area contributed by atoms with Gasteiger partial charge in [0, 0.05) is 26.6 Å². The summed E-state index contributed by atoms with van der Waals surface area (Å²) in [5.41, 5.74) is 1.04. The van der Waals surface area contributed by atoms with E-state index in [0.29, 0.717) is 24.5 Å². The van der Waals surface area contributed by atoms with Gasteiger partial charge in [-0.05, 0) is 37.0 Å². The van der Waals surface area contributed by atoms with Crippen LogP contribution in [0.1, 0.15) is 38.2 Å². The van der Waals surface area contributed by atoms with Gasteiger partial charge in [-0.15, -0.1) is 0 Å². The third kappa shape index (κ3) is 5.64. The number of carbonyl (C=O) groups excluding carboxylic acids is 2. The van der Waals surface area contributed by atoms with Crippen LogP contribution in [0.4, 0.5) is 0 Å². The second-order valence-electron chi connectivity index (χ2n) is 6.67. The summed E-state index contributed by atoms with van der Waals surface area (Å²) in [5, 5.41) is 0. The summed E-state index contributed by atoms with van der Waals surface area (Å²) >= 11 is 0. The highest BCUT2D eigenvalue weighted by molar-refractivity contribution is 5.83. The third-order valence-corrected chi connectivity index (χ3v) is 4.85. The Hall–Kier alpha value is -2.24. The lowest BCUT2D eigenvalue weighted by Gasteiger charge is -2.26. The van der Waals surface area contributed by atoms with Gasteiger partial charge in [0.2, 0.25) is 11.8 Å². The van der Waals surface area contributed by atoms with E-state index in [9.17, 15) is 9.59 Å². The molecule has 1 heterocycles. The predicted octanol–water partition coefficient (Wildman–Crippen LogP) is 2.50. The van der Waals surface area contributed by atoms with Gasteiger partial charge in [0.25, 0.3) is 0 Å². The van der Waals surface area contributed by atoms with E-state index in [0.717, 1.165) is 31.5 Å². The second-order valence-corrected chi connectivity index (χ2v) is 6.67. The number of carbonyl (C=O) groups is 2. The molecule has 0 atom stereocenters. The molecule has 144 valence electrons. The van der Waals surface area contributed by atoms with E-state index < -0.39 is 0 Å². The normalized spacial score (nSPS) is 14.5. The molecule has 1 aromatic carbocycles. The van der Waals surface area contributed by atoms with Gasteiger partial charge in [0.15, 0.2) is 11.5 Å². The van der Waals surface area contributed by atoms with E-state index in [-0.39, 0.29) is 18.4 Å². The van der Waals surface area contributed by atoms with Crippen molar-refractivity contribution in [3.05, 3.63) is 23.8 Å².